The standard InChI is InChI=1S/C29H40N2O5/c1-2-3-4-9-16-25(33)31(20-12-7-5-6-8-13-20)23-19-22(29(35)30-17-18-32)26-21-14-10-11-15-24(21)36-28(26)27(23)34/h2,10-11,14-15,19-20,23,26-28,32,34H,1,3-9,12-13,16-18H2,(H,30,35). The molecule has 4 atom stereocenters. The van der Waals surface area contributed by atoms with Gasteiger partial charge in [-0.15, -0.1) is 6.58 Å². The number of carbonyl (C=O) groups excluding carboxylic acids is 2. The monoisotopic (exact) mass is 496 g/mol. The van der Waals surface area contributed by atoms with Crippen molar-refractivity contribution in [3.8, 4) is 5.75 Å². The Bertz CT molecular complexity index is 953. The van der Waals surface area contributed by atoms with Gasteiger partial charge in [0, 0.05) is 30.1 Å². The van der Waals surface area contributed by atoms with Crippen LogP contribution < -0.4 is 10.1 Å². The Morgan fingerprint density at radius 1 is 1.14 bits per heavy atom. The highest BCUT2D eigenvalue weighted by Gasteiger charge is 2.51. The molecule has 1 aromatic rings. The van der Waals surface area contributed by atoms with Crippen molar-refractivity contribution in [2.75, 3.05) is 13.2 Å². The lowest BCUT2D eigenvalue weighted by atomic mass is 9.77. The lowest BCUT2D eigenvalue weighted by Crippen LogP contribution is -2.58. The number of fused-ring (bicyclic) bond motifs is 3. The number of carbonyl (C=O) groups is 2. The SMILES string of the molecule is C=CCCCCC(=O)N(C1CCCCCC1)C1C=C(C(=O)NCCO)C2c3ccccc3OC2C1O. The number of allylic oxidation sites excluding steroid dienone is 1. The van der Waals surface area contributed by atoms with Gasteiger partial charge in [0.1, 0.15) is 18.0 Å². The first-order valence-electron chi connectivity index (χ1n) is 13.5. The molecule has 1 saturated carbocycles. The van der Waals surface area contributed by atoms with E-state index in [9.17, 15) is 19.8 Å². The van der Waals surface area contributed by atoms with E-state index in [0.29, 0.717) is 17.7 Å². The number of nitrogens with one attached hydrogen (secondary N) is 1. The van der Waals surface area contributed by atoms with Crippen LogP contribution in [-0.4, -0.2) is 64.4 Å². The maximum atomic E-state index is 13.7. The molecule has 0 saturated heterocycles. The lowest BCUT2D eigenvalue weighted by Gasteiger charge is -2.44. The first-order valence-corrected chi connectivity index (χ1v) is 13.5. The molecule has 7 nitrogen and oxygen atoms in total. The molecule has 1 heterocycles. The third-order valence-corrected chi connectivity index (χ3v) is 7.75. The fourth-order valence-corrected chi connectivity index (χ4v) is 6.00. The maximum absolute atomic E-state index is 13.7. The molecule has 196 valence electrons. The number of aliphatic hydroxyl groups excluding tert-OH is 2. The first-order chi connectivity index (χ1) is 17.6. The second-order valence-electron chi connectivity index (χ2n) is 10.2. The molecule has 3 N–H and O–H groups in total. The highest BCUT2D eigenvalue weighted by Crippen LogP contribution is 2.47. The largest absolute Gasteiger partial charge is 0.486 e. The first kappa shape index (κ1) is 26.4. The Kier molecular flexibility index (Phi) is 9.21. The third-order valence-electron chi connectivity index (χ3n) is 7.75. The number of rotatable bonds is 10. The summed E-state index contributed by atoms with van der Waals surface area (Å²) in [4.78, 5) is 28.9. The van der Waals surface area contributed by atoms with Gasteiger partial charge in [0.05, 0.1) is 18.6 Å². The summed E-state index contributed by atoms with van der Waals surface area (Å²) in [6, 6.07) is 6.93. The van der Waals surface area contributed by atoms with E-state index < -0.39 is 24.2 Å². The molecule has 0 aromatic heterocycles. The number of amides is 2. The highest BCUT2D eigenvalue weighted by molar-refractivity contribution is 5.96. The number of hydrogen-bond donors (Lipinski definition) is 3. The summed E-state index contributed by atoms with van der Waals surface area (Å²) in [5.74, 6) is -0.0412. The average molecular weight is 497 g/mol. The molecule has 1 aliphatic heterocycles. The molecule has 1 fully saturated rings. The van der Waals surface area contributed by atoms with Crippen molar-refractivity contribution in [2.45, 2.75) is 94.4 Å². The Hall–Kier alpha value is -2.64. The smallest absolute Gasteiger partial charge is 0.247 e. The van der Waals surface area contributed by atoms with Crippen LogP contribution in [-0.2, 0) is 9.59 Å². The molecular formula is C29H40N2O5. The van der Waals surface area contributed by atoms with Crippen LogP contribution in [0.3, 0.4) is 0 Å². The van der Waals surface area contributed by atoms with E-state index in [1.807, 2.05) is 35.2 Å². The van der Waals surface area contributed by atoms with Gasteiger partial charge in [-0.3, -0.25) is 9.59 Å². The molecule has 36 heavy (non-hydrogen) atoms. The van der Waals surface area contributed by atoms with E-state index in [1.165, 1.54) is 0 Å². The summed E-state index contributed by atoms with van der Waals surface area (Å²) in [6.07, 6.45) is 11.2. The van der Waals surface area contributed by atoms with Gasteiger partial charge in [0.15, 0.2) is 0 Å². The average Bonchev–Trinajstić information content (AvgIpc) is 3.07. The molecule has 1 aromatic carbocycles. The molecule has 0 radical (unpaired) electrons. The summed E-state index contributed by atoms with van der Waals surface area (Å²) in [5.41, 5.74) is 1.36. The quantitative estimate of drug-likeness (QED) is 0.261. The summed E-state index contributed by atoms with van der Waals surface area (Å²) >= 11 is 0. The molecule has 3 aliphatic rings. The number of unbranched alkanes of at least 4 members (excludes halogenated alkanes) is 2. The summed E-state index contributed by atoms with van der Waals surface area (Å²) in [5, 5.41) is 23.7. The Balaban J connectivity index is 1.70. The molecule has 0 spiro atoms. The van der Waals surface area contributed by atoms with E-state index in [0.717, 1.165) is 63.4 Å². The van der Waals surface area contributed by atoms with Gasteiger partial charge in [-0.2, -0.15) is 0 Å². The van der Waals surface area contributed by atoms with E-state index >= 15 is 0 Å². The molecule has 4 unspecified atom stereocenters. The summed E-state index contributed by atoms with van der Waals surface area (Å²) in [6.45, 7) is 3.74. The minimum atomic E-state index is -0.961. The second-order valence-corrected chi connectivity index (χ2v) is 10.2. The zero-order valence-electron chi connectivity index (χ0n) is 21.1. The van der Waals surface area contributed by atoms with Crippen molar-refractivity contribution in [3.63, 3.8) is 0 Å². The van der Waals surface area contributed by atoms with Crippen molar-refractivity contribution in [1.82, 2.24) is 10.2 Å². The highest BCUT2D eigenvalue weighted by atomic mass is 16.5. The van der Waals surface area contributed by atoms with Crippen molar-refractivity contribution in [1.29, 1.82) is 0 Å². The number of benzene rings is 1. The minimum Gasteiger partial charge on any atom is -0.486 e. The van der Waals surface area contributed by atoms with E-state index in [2.05, 4.69) is 11.9 Å². The van der Waals surface area contributed by atoms with Gasteiger partial charge < -0.3 is 25.2 Å². The van der Waals surface area contributed by atoms with Gasteiger partial charge in [0.25, 0.3) is 0 Å². The normalized spacial score (nSPS) is 25.6. The molecular weight excluding hydrogens is 456 g/mol. The predicted octanol–water partition coefficient (Wildman–Crippen LogP) is 3.61. The molecule has 7 heteroatoms. The third kappa shape index (κ3) is 5.68. The van der Waals surface area contributed by atoms with Crippen LogP contribution in [0.25, 0.3) is 0 Å². The fourth-order valence-electron chi connectivity index (χ4n) is 6.00. The second kappa shape index (κ2) is 12.5. The zero-order valence-corrected chi connectivity index (χ0v) is 21.1. The number of ether oxygens (including phenoxy) is 1. The van der Waals surface area contributed by atoms with Crippen molar-refractivity contribution in [2.24, 2.45) is 0 Å². The summed E-state index contributed by atoms with van der Waals surface area (Å²) in [7, 11) is 0. The van der Waals surface area contributed by atoms with Crippen LogP contribution in [0.15, 0.2) is 48.6 Å². The van der Waals surface area contributed by atoms with Crippen molar-refractivity contribution >= 4 is 11.8 Å². The Morgan fingerprint density at radius 3 is 2.61 bits per heavy atom. The number of aliphatic hydroxyl groups is 2. The molecule has 4 rings (SSSR count). The van der Waals surface area contributed by atoms with Gasteiger partial charge >= 0.3 is 0 Å². The van der Waals surface area contributed by atoms with Crippen LogP contribution in [0.5, 0.6) is 5.75 Å². The van der Waals surface area contributed by atoms with Gasteiger partial charge in [-0.25, -0.2) is 0 Å². The maximum Gasteiger partial charge on any atom is 0.247 e. The number of nitrogens with zero attached hydrogens (tertiary/aromatic N) is 1. The van der Waals surface area contributed by atoms with Gasteiger partial charge in [-0.1, -0.05) is 50.0 Å². The Labute approximate surface area is 214 Å². The van der Waals surface area contributed by atoms with Crippen LogP contribution in [0.2, 0.25) is 0 Å². The minimum absolute atomic E-state index is 0.0235. The Morgan fingerprint density at radius 2 is 1.89 bits per heavy atom. The van der Waals surface area contributed by atoms with Crippen LogP contribution >= 0.6 is 0 Å². The van der Waals surface area contributed by atoms with Crippen LogP contribution in [0.4, 0.5) is 0 Å². The van der Waals surface area contributed by atoms with Crippen molar-refractivity contribution < 1.29 is 24.5 Å². The van der Waals surface area contributed by atoms with Crippen molar-refractivity contribution in [3.05, 3.63) is 54.1 Å². The summed E-state index contributed by atoms with van der Waals surface area (Å²) < 4.78 is 6.22. The van der Waals surface area contributed by atoms with E-state index in [1.54, 1.807) is 6.08 Å². The lowest BCUT2D eigenvalue weighted by molar-refractivity contribution is -0.141. The van der Waals surface area contributed by atoms with E-state index in [4.69, 9.17) is 4.74 Å². The van der Waals surface area contributed by atoms with E-state index in [-0.39, 0.29) is 31.0 Å². The van der Waals surface area contributed by atoms with Gasteiger partial charge in [0.2, 0.25) is 11.8 Å². The molecule has 0 bridgehead atoms. The van der Waals surface area contributed by atoms with Crippen LogP contribution in [0.1, 0.15) is 75.7 Å². The van der Waals surface area contributed by atoms with Crippen LogP contribution in [0, 0.1) is 0 Å². The topological polar surface area (TPSA) is 99.1 Å². The number of hydrogen-bond acceptors (Lipinski definition) is 5. The zero-order chi connectivity index (χ0) is 25.5. The predicted molar refractivity (Wildman–Crippen MR) is 139 cm³/mol. The van der Waals surface area contributed by atoms with Gasteiger partial charge in [-0.05, 0) is 44.2 Å². The molecule has 2 aliphatic carbocycles. The fraction of sp³-hybridized carbons (Fsp3) is 0.586. The number of para-hydroxylation sites is 1. The molecule has 2 amide bonds.